The van der Waals surface area contributed by atoms with Crippen LogP contribution in [-0.4, -0.2) is 17.9 Å². The van der Waals surface area contributed by atoms with Crippen LogP contribution >= 0.6 is 0 Å². The maximum absolute atomic E-state index is 11.9. The number of carbonyl (C=O) groups is 1. The van der Waals surface area contributed by atoms with Crippen molar-refractivity contribution in [3.8, 4) is 0 Å². The molecule has 0 saturated heterocycles. The van der Waals surface area contributed by atoms with E-state index in [0.29, 0.717) is 17.2 Å². The lowest BCUT2D eigenvalue weighted by atomic mass is 10.1. The van der Waals surface area contributed by atoms with Crippen LogP contribution in [0.1, 0.15) is 18.9 Å². The molecule has 0 radical (unpaired) electrons. The lowest BCUT2D eigenvalue weighted by molar-refractivity contribution is -0.384. The SMILES string of the molecule is COCc1cc([N+](=O)[O-])ccc1NC(=O)[C@@H]1C[C@@H]1C. The molecular weight excluding hydrogens is 248 g/mol. The lowest BCUT2D eigenvalue weighted by Gasteiger charge is -2.10. The lowest BCUT2D eigenvalue weighted by Crippen LogP contribution is -2.16. The number of non-ortho nitro benzene ring substituents is 1. The van der Waals surface area contributed by atoms with Crippen LogP contribution < -0.4 is 5.32 Å². The van der Waals surface area contributed by atoms with Crippen molar-refractivity contribution in [3.05, 3.63) is 33.9 Å². The number of hydrogen-bond donors (Lipinski definition) is 1. The van der Waals surface area contributed by atoms with Gasteiger partial charge in [-0.05, 0) is 18.4 Å². The Morgan fingerprint density at radius 3 is 2.79 bits per heavy atom. The summed E-state index contributed by atoms with van der Waals surface area (Å²) in [6.45, 7) is 2.24. The Morgan fingerprint density at radius 2 is 2.26 bits per heavy atom. The molecule has 6 nitrogen and oxygen atoms in total. The molecule has 1 aliphatic rings. The van der Waals surface area contributed by atoms with Crippen molar-refractivity contribution in [1.29, 1.82) is 0 Å². The third kappa shape index (κ3) is 3.08. The van der Waals surface area contributed by atoms with Gasteiger partial charge in [-0.3, -0.25) is 14.9 Å². The molecule has 19 heavy (non-hydrogen) atoms. The second-order valence-electron chi connectivity index (χ2n) is 4.84. The molecule has 0 aromatic heterocycles. The Kier molecular flexibility index (Phi) is 3.80. The topological polar surface area (TPSA) is 81.5 Å². The summed E-state index contributed by atoms with van der Waals surface area (Å²) in [6.07, 6.45) is 0.901. The summed E-state index contributed by atoms with van der Waals surface area (Å²) in [5.41, 5.74) is 1.18. The van der Waals surface area contributed by atoms with Crippen molar-refractivity contribution in [2.45, 2.75) is 20.0 Å². The number of amides is 1. The molecule has 0 aliphatic heterocycles. The van der Waals surface area contributed by atoms with Gasteiger partial charge in [-0.2, -0.15) is 0 Å². The molecule has 0 spiro atoms. The highest BCUT2D eigenvalue weighted by Crippen LogP contribution is 2.38. The van der Waals surface area contributed by atoms with E-state index in [-0.39, 0.29) is 24.1 Å². The third-order valence-corrected chi connectivity index (χ3v) is 3.30. The second kappa shape index (κ2) is 5.36. The number of carbonyl (C=O) groups excluding carboxylic acids is 1. The van der Waals surface area contributed by atoms with Gasteiger partial charge in [0.1, 0.15) is 0 Å². The average Bonchev–Trinajstić information content (AvgIpc) is 3.08. The molecule has 6 heteroatoms. The van der Waals surface area contributed by atoms with Crippen molar-refractivity contribution in [3.63, 3.8) is 0 Å². The average molecular weight is 264 g/mol. The summed E-state index contributed by atoms with van der Waals surface area (Å²) in [4.78, 5) is 22.1. The van der Waals surface area contributed by atoms with Crippen LogP contribution in [0.2, 0.25) is 0 Å². The zero-order valence-corrected chi connectivity index (χ0v) is 10.9. The number of nitrogens with zero attached hydrogens (tertiary/aromatic N) is 1. The molecule has 0 unspecified atom stereocenters. The smallest absolute Gasteiger partial charge is 0.269 e. The summed E-state index contributed by atoms with van der Waals surface area (Å²) in [5, 5.41) is 13.5. The number of anilines is 1. The van der Waals surface area contributed by atoms with Gasteiger partial charge in [0, 0.05) is 36.4 Å². The van der Waals surface area contributed by atoms with Crippen molar-refractivity contribution in [1.82, 2.24) is 0 Å². The normalized spacial score (nSPS) is 20.9. The highest BCUT2D eigenvalue weighted by molar-refractivity contribution is 5.95. The minimum Gasteiger partial charge on any atom is -0.380 e. The molecule has 1 aromatic rings. The summed E-state index contributed by atoms with van der Waals surface area (Å²) >= 11 is 0. The van der Waals surface area contributed by atoms with Crippen LogP contribution in [0.3, 0.4) is 0 Å². The molecule has 1 amide bonds. The Hall–Kier alpha value is -1.95. The minimum atomic E-state index is -0.465. The van der Waals surface area contributed by atoms with Crippen LogP contribution in [0.5, 0.6) is 0 Å². The summed E-state index contributed by atoms with van der Waals surface area (Å²) < 4.78 is 5.01. The molecule has 0 bridgehead atoms. The van der Waals surface area contributed by atoms with E-state index in [1.807, 2.05) is 6.92 Å². The van der Waals surface area contributed by atoms with Crippen LogP contribution in [0.4, 0.5) is 11.4 Å². The Labute approximate surface area is 110 Å². The van der Waals surface area contributed by atoms with Gasteiger partial charge in [-0.15, -0.1) is 0 Å². The summed E-state index contributed by atoms with van der Waals surface area (Å²) in [7, 11) is 1.51. The second-order valence-corrected chi connectivity index (χ2v) is 4.84. The Balaban J connectivity index is 2.18. The number of nitro groups is 1. The number of rotatable bonds is 5. The van der Waals surface area contributed by atoms with Gasteiger partial charge < -0.3 is 10.1 Å². The fourth-order valence-electron chi connectivity index (χ4n) is 2.00. The van der Waals surface area contributed by atoms with Gasteiger partial charge >= 0.3 is 0 Å². The predicted molar refractivity (Wildman–Crippen MR) is 69.7 cm³/mol. The number of nitrogens with one attached hydrogen (secondary N) is 1. The molecule has 1 N–H and O–H groups in total. The van der Waals surface area contributed by atoms with E-state index in [1.54, 1.807) is 6.07 Å². The zero-order valence-electron chi connectivity index (χ0n) is 10.9. The molecule has 1 aromatic carbocycles. The third-order valence-electron chi connectivity index (χ3n) is 3.30. The van der Waals surface area contributed by atoms with Crippen LogP contribution in [0.25, 0.3) is 0 Å². The number of methoxy groups -OCH3 is 1. The fraction of sp³-hybridized carbons (Fsp3) is 0.462. The Bertz CT molecular complexity index is 515. The molecule has 1 saturated carbocycles. The highest BCUT2D eigenvalue weighted by atomic mass is 16.6. The van der Waals surface area contributed by atoms with Gasteiger partial charge in [0.05, 0.1) is 11.5 Å². The first-order chi connectivity index (χ1) is 9.02. The van der Waals surface area contributed by atoms with E-state index < -0.39 is 4.92 Å². The molecule has 1 aliphatic carbocycles. The maximum Gasteiger partial charge on any atom is 0.269 e. The largest absolute Gasteiger partial charge is 0.380 e. The number of ether oxygens (including phenoxy) is 1. The standard InChI is InChI=1S/C13H16N2O4/c1-8-5-11(8)13(16)14-12-4-3-10(15(17)18)6-9(12)7-19-2/h3-4,6,8,11H,5,7H2,1-2H3,(H,14,16)/t8-,11+/m0/s1. The van der Waals surface area contributed by atoms with Crippen LogP contribution in [0.15, 0.2) is 18.2 Å². The van der Waals surface area contributed by atoms with Gasteiger partial charge in [-0.25, -0.2) is 0 Å². The first-order valence-corrected chi connectivity index (χ1v) is 6.10. The monoisotopic (exact) mass is 264 g/mol. The zero-order chi connectivity index (χ0) is 14.0. The number of hydrogen-bond acceptors (Lipinski definition) is 4. The van der Waals surface area contributed by atoms with Crippen molar-refractivity contribution in [2.75, 3.05) is 12.4 Å². The summed E-state index contributed by atoms with van der Waals surface area (Å²) in [5.74, 6) is 0.452. The maximum atomic E-state index is 11.9. The van der Waals surface area contributed by atoms with Crippen molar-refractivity contribution < 1.29 is 14.5 Å². The minimum absolute atomic E-state index is 0.00941. The quantitative estimate of drug-likeness (QED) is 0.653. The highest BCUT2D eigenvalue weighted by Gasteiger charge is 2.39. The number of nitro benzene ring substituents is 1. The van der Waals surface area contributed by atoms with Gasteiger partial charge in [0.25, 0.3) is 5.69 Å². The fourth-order valence-corrected chi connectivity index (χ4v) is 2.00. The van der Waals surface area contributed by atoms with Crippen LogP contribution in [0, 0.1) is 22.0 Å². The molecule has 2 atom stereocenters. The molecule has 2 rings (SSSR count). The van der Waals surface area contributed by atoms with E-state index >= 15 is 0 Å². The Morgan fingerprint density at radius 1 is 1.58 bits per heavy atom. The predicted octanol–water partition coefficient (Wildman–Crippen LogP) is 2.34. The van der Waals surface area contributed by atoms with E-state index in [4.69, 9.17) is 4.74 Å². The number of benzene rings is 1. The molecule has 102 valence electrons. The first kappa shape index (κ1) is 13.5. The van der Waals surface area contributed by atoms with E-state index in [0.717, 1.165) is 6.42 Å². The van der Waals surface area contributed by atoms with E-state index in [9.17, 15) is 14.9 Å². The molecular formula is C13H16N2O4. The molecule has 0 heterocycles. The molecule has 1 fully saturated rings. The van der Waals surface area contributed by atoms with Crippen molar-refractivity contribution in [2.24, 2.45) is 11.8 Å². The van der Waals surface area contributed by atoms with Crippen molar-refractivity contribution >= 4 is 17.3 Å². The first-order valence-electron chi connectivity index (χ1n) is 6.10. The van der Waals surface area contributed by atoms with Gasteiger partial charge in [0.15, 0.2) is 0 Å². The van der Waals surface area contributed by atoms with E-state index in [1.165, 1.54) is 19.2 Å². The van der Waals surface area contributed by atoms with E-state index in [2.05, 4.69) is 5.32 Å². The van der Waals surface area contributed by atoms with Gasteiger partial charge in [0.2, 0.25) is 5.91 Å². The summed E-state index contributed by atoms with van der Waals surface area (Å²) in [6, 6.07) is 4.36. The van der Waals surface area contributed by atoms with Crippen LogP contribution in [-0.2, 0) is 16.1 Å². The van der Waals surface area contributed by atoms with Gasteiger partial charge in [-0.1, -0.05) is 6.92 Å².